The van der Waals surface area contributed by atoms with Crippen molar-refractivity contribution in [2.45, 2.75) is 12.8 Å². The van der Waals surface area contributed by atoms with E-state index in [1.54, 1.807) is 11.5 Å². The number of nitrogens with one attached hydrogen (secondary N) is 1. The molecule has 5 heteroatoms. The number of hydrogen-bond acceptors (Lipinski definition) is 5. The number of aromatic nitrogens is 1. The number of anilines is 1. The highest BCUT2D eigenvalue weighted by molar-refractivity contribution is 7.13. The van der Waals surface area contributed by atoms with Crippen LogP contribution in [0, 0.1) is 0 Å². The number of unbranched alkanes of at least 4 members (excludes halogenated alkanes) is 1. The van der Waals surface area contributed by atoms with E-state index in [0.29, 0.717) is 0 Å². The third-order valence-electron chi connectivity index (χ3n) is 4.18. The molecule has 2 heterocycles. The maximum absolute atomic E-state index is 4.67. The molecule has 0 aliphatic carbocycles. The third kappa shape index (κ3) is 3.54. The van der Waals surface area contributed by atoms with Crippen molar-refractivity contribution in [1.29, 1.82) is 0 Å². The van der Waals surface area contributed by atoms with Crippen molar-refractivity contribution >= 4 is 27.4 Å². The van der Waals surface area contributed by atoms with Crippen molar-refractivity contribution in [3.8, 4) is 0 Å². The van der Waals surface area contributed by atoms with Gasteiger partial charge in [0.2, 0.25) is 0 Å². The Morgan fingerprint density at radius 1 is 1.14 bits per heavy atom. The van der Waals surface area contributed by atoms with E-state index in [2.05, 4.69) is 43.8 Å². The summed E-state index contributed by atoms with van der Waals surface area (Å²) in [5.41, 5.74) is 0. The van der Waals surface area contributed by atoms with Gasteiger partial charge >= 0.3 is 0 Å². The number of benzene rings is 1. The number of rotatable bonds is 6. The van der Waals surface area contributed by atoms with Crippen LogP contribution in [0.1, 0.15) is 12.8 Å². The molecule has 0 spiro atoms. The minimum atomic E-state index is 1.10. The SMILES string of the molecule is CNCCCCN1CCN(c2nsc3ccccc23)CC1. The largest absolute Gasteiger partial charge is 0.353 e. The molecule has 1 fully saturated rings. The Labute approximate surface area is 130 Å². The lowest BCUT2D eigenvalue weighted by Gasteiger charge is -2.35. The lowest BCUT2D eigenvalue weighted by atomic mass is 10.2. The van der Waals surface area contributed by atoms with Crippen molar-refractivity contribution in [2.24, 2.45) is 0 Å². The summed E-state index contributed by atoms with van der Waals surface area (Å²) in [6.45, 7) is 6.87. The quantitative estimate of drug-likeness (QED) is 0.831. The molecule has 0 amide bonds. The number of piperazine rings is 1. The highest BCUT2D eigenvalue weighted by atomic mass is 32.1. The van der Waals surface area contributed by atoms with E-state index in [1.807, 2.05) is 7.05 Å². The maximum Gasteiger partial charge on any atom is 0.150 e. The second-order valence-electron chi connectivity index (χ2n) is 5.64. The van der Waals surface area contributed by atoms with Crippen LogP contribution in [-0.4, -0.2) is 55.6 Å². The minimum absolute atomic E-state index is 1.10. The second kappa shape index (κ2) is 7.20. The zero-order valence-electron chi connectivity index (χ0n) is 12.7. The Balaban J connectivity index is 1.54. The van der Waals surface area contributed by atoms with Gasteiger partial charge in [-0.2, -0.15) is 4.37 Å². The summed E-state index contributed by atoms with van der Waals surface area (Å²) < 4.78 is 5.96. The molecule has 1 aromatic carbocycles. The minimum Gasteiger partial charge on any atom is -0.353 e. The van der Waals surface area contributed by atoms with E-state index in [4.69, 9.17) is 0 Å². The highest BCUT2D eigenvalue weighted by Gasteiger charge is 2.20. The summed E-state index contributed by atoms with van der Waals surface area (Å²) >= 11 is 1.62. The van der Waals surface area contributed by atoms with Crippen molar-refractivity contribution in [1.82, 2.24) is 14.6 Å². The van der Waals surface area contributed by atoms with Gasteiger partial charge in [0.15, 0.2) is 0 Å². The van der Waals surface area contributed by atoms with Crippen LogP contribution in [-0.2, 0) is 0 Å². The monoisotopic (exact) mass is 304 g/mol. The van der Waals surface area contributed by atoms with Crippen molar-refractivity contribution in [3.63, 3.8) is 0 Å². The van der Waals surface area contributed by atoms with Crippen molar-refractivity contribution in [2.75, 3.05) is 51.2 Å². The molecule has 1 aromatic heterocycles. The number of nitrogens with zero attached hydrogens (tertiary/aromatic N) is 3. The van der Waals surface area contributed by atoms with Crippen molar-refractivity contribution < 1.29 is 0 Å². The van der Waals surface area contributed by atoms with Gasteiger partial charge in [0, 0.05) is 31.6 Å². The summed E-state index contributed by atoms with van der Waals surface area (Å²) in [7, 11) is 2.02. The third-order valence-corrected chi connectivity index (χ3v) is 5.00. The molecule has 3 rings (SSSR count). The Kier molecular flexibility index (Phi) is 5.06. The lowest BCUT2D eigenvalue weighted by Crippen LogP contribution is -2.46. The summed E-state index contributed by atoms with van der Waals surface area (Å²) in [4.78, 5) is 5.03. The first kappa shape index (κ1) is 14.8. The topological polar surface area (TPSA) is 31.4 Å². The van der Waals surface area contributed by atoms with E-state index in [-0.39, 0.29) is 0 Å². The molecule has 0 radical (unpaired) electrons. The Morgan fingerprint density at radius 2 is 1.95 bits per heavy atom. The second-order valence-corrected chi connectivity index (χ2v) is 6.45. The molecule has 0 atom stereocenters. The first-order valence-electron chi connectivity index (χ1n) is 7.85. The normalized spacial score (nSPS) is 16.7. The first-order valence-corrected chi connectivity index (χ1v) is 8.62. The predicted octanol–water partition coefficient (Wildman–Crippen LogP) is 2.42. The first-order chi connectivity index (χ1) is 10.4. The standard InChI is InChI=1S/C16H24N4S/c1-17-8-4-5-9-19-10-12-20(13-11-19)16-14-6-2-3-7-15(14)21-18-16/h2-3,6-7,17H,4-5,8-13H2,1H3. The van der Waals surface area contributed by atoms with E-state index in [1.165, 1.54) is 35.3 Å². The van der Waals surface area contributed by atoms with Gasteiger partial charge in [0.05, 0.1) is 4.70 Å². The van der Waals surface area contributed by atoms with E-state index in [0.717, 1.165) is 32.7 Å². The Bertz CT molecular complexity index is 560. The lowest BCUT2D eigenvalue weighted by molar-refractivity contribution is 0.252. The van der Waals surface area contributed by atoms with Crippen LogP contribution in [0.15, 0.2) is 24.3 Å². The maximum atomic E-state index is 4.67. The molecule has 1 saturated heterocycles. The molecule has 114 valence electrons. The molecule has 1 aliphatic heterocycles. The number of fused-ring (bicyclic) bond motifs is 1. The van der Waals surface area contributed by atoms with E-state index in [9.17, 15) is 0 Å². The van der Waals surface area contributed by atoms with Gasteiger partial charge < -0.3 is 10.2 Å². The Morgan fingerprint density at radius 3 is 2.76 bits per heavy atom. The Hall–Kier alpha value is -1.17. The van der Waals surface area contributed by atoms with Gasteiger partial charge in [-0.25, -0.2) is 0 Å². The van der Waals surface area contributed by atoms with Gasteiger partial charge in [-0.15, -0.1) is 0 Å². The fraction of sp³-hybridized carbons (Fsp3) is 0.562. The average Bonchev–Trinajstić information content (AvgIpc) is 2.96. The zero-order chi connectivity index (χ0) is 14.5. The molecular formula is C16H24N4S. The summed E-state index contributed by atoms with van der Waals surface area (Å²) in [6, 6.07) is 8.55. The molecule has 1 N–H and O–H groups in total. The van der Waals surface area contributed by atoms with Crippen LogP contribution in [0.3, 0.4) is 0 Å². The average molecular weight is 304 g/mol. The van der Waals surface area contributed by atoms with Crippen LogP contribution in [0.4, 0.5) is 5.82 Å². The fourth-order valence-corrected chi connectivity index (χ4v) is 3.72. The molecule has 21 heavy (non-hydrogen) atoms. The summed E-state index contributed by atoms with van der Waals surface area (Å²) in [5, 5.41) is 4.52. The molecule has 0 saturated carbocycles. The predicted molar refractivity (Wildman–Crippen MR) is 91.4 cm³/mol. The summed E-state index contributed by atoms with van der Waals surface area (Å²) in [6.07, 6.45) is 2.56. The molecule has 1 aliphatic rings. The van der Waals surface area contributed by atoms with Crippen LogP contribution in [0.25, 0.3) is 10.1 Å². The molecule has 4 nitrogen and oxygen atoms in total. The van der Waals surface area contributed by atoms with Crippen molar-refractivity contribution in [3.05, 3.63) is 24.3 Å². The molecular weight excluding hydrogens is 280 g/mol. The van der Waals surface area contributed by atoms with Crippen LogP contribution >= 0.6 is 11.5 Å². The van der Waals surface area contributed by atoms with Gasteiger partial charge in [0.25, 0.3) is 0 Å². The molecule has 2 aromatic rings. The zero-order valence-corrected chi connectivity index (χ0v) is 13.5. The summed E-state index contributed by atoms with van der Waals surface area (Å²) in [5.74, 6) is 1.19. The highest BCUT2D eigenvalue weighted by Crippen LogP contribution is 2.29. The van der Waals surface area contributed by atoms with E-state index >= 15 is 0 Å². The molecule has 0 bridgehead atoms. The van der Waals surface area contributed by atoms with Crippen LogP contribution in [0.2, 0.25) is 0 Å². The van der Waals surface area contributed by atoms with Gasteiger partial charge in [0.1, 0.15) is 5.82 Å². The van der Waals surface area contributed by atoms with Gasteiger partial charge in [-0.05, 0) is 56.6 Å². The van der Waals surface area contributed by atoms with Gasteiger partial charge in [-0.3, -0.25) is 4.90 Å². The van der Waals surface area contributed by atoms with Crippen LogP contribution < -0.4 is 10.2 Å². The van der Waals surface area contributed by atoms with Gasteiger partial charge in [-0.1, -0.05) is 12.1 Å². The smallest absolute Gasteiger partial charge is 0.150 e. The molecule has 0 unspecified atom stereocenters. The van der Waals surface area contributed by atoms with Crippen LogP contribution in [0.5, 0.6) is 0 Å². The number of hydrogen-bond donors (Lipinski definition) is 1. The van der Waals surface area contributed by atoms with E-state index < -0.39 is 0 Å². The fourth-order valence-electron chi connectivity index (χ4n) is 2.92.